The molecule has 1 N–H and O–H groups in total. The first-order chi connectivity index (χ1) is 10.5. The molecule has 1 aliphatic heterocycles. The van der Waals surface area contributed by atoms with Crippen molar-refractivity contribution in [1.82, 2.24) is 0 Å². The minimum atomic E-state index is -1.07. The Hall–Kier alpha value is -2.57. The second-order valence-corrected chi connectivity index (χ2v) is 4.69. The van der Waals surface area contributed by atoms with Gasteiger partial charge in [0.15, 0.2) is 0 Å². The van der Waals surface area contributed by atoms with Crippen LogP contribution < -0.4 is 9.64 Å². The van der Waals surface area contributed by atoms with Crippen molar-refractivity contribution in [3.8, 4) is 5.75 Å². The number of rotatable bonds is 5. The maximum Gasteiger partial charge on any atom is 0.335 e. The van der Waals surface area contributed by atoms with E-state index in [-0.39, 0.29) is 50.0 Å². The summed E-state index contributed by atoms with van der Waals surface area (Å²) >= 11 is 0. The van der Waals surface area contributed by atoms with E-state index in [1.807, 2.05) is 0 Å². The standard InChI is InChI=1S/C15H17NO6/c1-2-21-14(18)5-7-16-11-4-3-10(15(19)20)9-12(11)22-8-6-13(16)17/h3-4,9H,2,5-8H2,1H3,(H,19,20). The summed E-state index contributed by atoms with van der Waals surface area (Å²) in [5, 5.41) is 9.01. The van der Waals surface area contributed by atoms with Gasteiger partial charge < -0.3 is 19.5 Å². The molecule has 0 radical (unpaired) electrons. The summed E-state index contributed by atoms with van der Waals surface area (Å²) in [6, 6.07) is 4.31. The first-order valence-corrected chi connectivity index (χ1v) is 6.99. The number of carboxylic acid groups (broad SMARTS) is 1. The Labute approximate surface area is 127 Å². The smallest absolute Gasteiger partial charge is 0.335 e. The van der Waals surface area contributed by atoms with Gasteiger partial charge in [-0.25, -0.2) is 4.79 Å². The molecule has 0 aromatic heterocycles. The molecule has 0 bridgehead atoms. The Bertz CT molecular complexity index is 598. The van der Waals surface area contributed by atoms with Gasteiger partial charge in [0.25, 0.3) is 0 Å². The lowest BCUT2D eigenvalue weighted by Gasteiger charge is -2.21. The normalized spacial score (nSPS) is 13.9. The number of aromatic carboxylic acids is 1. The van der Waals surface area contributed by atoms with E-state index >= 15 is 0 Å². The van der Waals surface area contributed by atoms with Gasteiger partial charge in [-0.2, -0.15) is 0 Å². The molecular formula is C15H17NO6. The highest BCUT2D eigenvalue weighted by Crippen LogP contribution is 2.32. The summed E-state index contributed by atoms with van der Waals surface area (Å²) in [5.74, 6) is -1.30. The quantitative estimate of drug-likeness (QED) is 0.828. The van der Waals surface area contributed by atoms with E-state index in [1.165, 1.54) is 23.1 Å². The summed E-state index contributed by atoms with van der Waals surface area (Å²) < 4.78 is 10.3. The van der Waals surface area contributed by atoms with Crippen LogP contribution in [0.15, 0.2) is 18.2 Å². The van der Waals surface area contributed by atoms with E-state index < -0.39 is 5.97 Å². The van der Waals surface area contributed by atoms with E-state index in [9.17, 15) is 14.4 Å². The van der Waals surface area contributed by atoms with Gasteiger partial charge in [0.2, 0.25) is 5.91 Å². The maximum absolute atomic E-state index is 12.1. The lowest BCUT2D eigenvalue weighted by atomic mass is 10.1. The van der Waals surface area contributed by atoms with Crippen molar-refractivity contribution < 1.29 is 29.0 Å². The van der Waals surface area contributed by atoms with E-state index in [0.717, 1.165) is 0 Å². The van der Waals surface area contributed by atoms with Crippen molar-refractivity contribution in [3.63, 3.8) is 0 Å². The van der Waals surface area contributed by atoms with Crippen LogP contribution >= 0.6 is 0 Å². The number of carbonyl (C=O) groups is 3. The van der Waals surface area contributed by atoms with Crippen molar-refractivity contribution in [2.24, 2.45) is 0 Å². The fourth-order valence-corrected chi connectivity index (χ4v) is 2.18. The van der Waals surface area contributed by atoms with E-state index in [2.05, 4.69) is 0 Å². The molecule has 7 nitrogen and oxygen atoms in total. The predicted molar refractivity (Wildman–Crippen MR) is 77.1 cm³/mol. The summed E-state index contributed by atoms with van der Waals surface area (Å²) in [5.41, 5.74) is 0.551. The third kappa shape index (κ3) is 3.55. The molecular weight excluding hydrogens is 290 g/mol. The average Bonchev–Trinajstić information content (AvgIpc) is 2.63. The molecule has 0 aliphatic carbocycles. The SMILES string of the molecule is CCOC(=O)CCN1C(=O)CCOc2cc(C(=O)O)ccc21. The zero-order chi connectivity index (χ0) is 16.1. The third-order valence-corrected chi connectivity index (χ3v) is 3.22. The molecule has 0 saturated carbocycles. The highest BCUT2D eigenvalue weighted by atomic mass is 16.5. The predicted octanol–water partition coefficient (Wildman–Crippen LogP) is 1.45. The van der Waals surface area contributed by atoms with Crippen LogP contribution in [0.5, 0.6) is 5.75 Å². The fraction of sp³-hybridized carbons (Fsp3) is 0.400. The number of nitrogens with zero attached hydrogens (tertiary/aromatic N) is 1. The number of anilines is 1. The van der Waals surface area contributed by atoms with Crippen molar-refractivity contribution in [3.05, 3.63) is 23.8 Å². The van der Waals surface area contributed by atoms with E-state index in [1.54, 1.807) is 6.92 Å². The molecule has 0 spiro atoms. The number of carbonyl (C=O) groups excluding carboxylic acids is 2. The number of esters is 1. The van der Waals surface area contributed by atoms with Gasteiger partial charge in [0, 0.05) is 6.54 Å². The molecule has 1 aliphatic rings. The topological polar surface area (TPSA) is 93.1 Å². The van der Waals surface area contributed by atoms with Crippen LogP contribution in [0.4, 0.5) is 5.69 Å². The second kappa shape index (κ2) is 6.93. The molecule has 1 amide bonds. The molecule has 1 heterocycles. The van der Waals surface area contributed by atoms with Crippen LogP contribution in [0.3, 0.4) is 0 Å². The first kappa shape index (κ1) is 15.8. The number of hydrogen-bond donors (Lipinski definition) is 1. The number of amides is 1. The summed E-state index contributed by atoms with van der Waals surface area (Å²) in [4.78, 5) is 36.1. The lowest BCUT2D eigenvalue weighted by molar-refractivity contribution is -0.142. The van der Waals surface area contributed by atoms with Crippen LogP contribution in [0.1, 0.15) is 30.1 Å². The highest BCUT2D eigenvalue weighted by molar-refractivity contribution is 5.97. The fourth-order valence-electron chi connectivity index (χ4n) is 2.18. The molecule has 2 rings (SSSR count). The minimum absolute atomic E-state index is 0.0691. The third-order valence-electron chi connectivity index (χ3n) is 3.22. The van der Waals surface area contributed by atoms with Crippen molar-refractivity contribution in [1.29, 1.82) is 0 Å². The van der Waals surface area contributed by atoms with Crippen molar-refractivity contribution in [2.75, 3.05) is 24.7 Å². The Morgan fingerprint density at radius 2 is 2.18 bits per heavy atom. The van der Waals surface area contributed by atoms with Crippen molar-refractivity contribution in [2.45, 2.75) is 19.8 Å². The Morgan fingerprint density at radius 1 is 1.41 bits per heavy atom. The zero-order valence-electron chi connectivity index (χ0n) is 12.2. The Balaban J connectivity index is 2.24. The molecule has 0 fully saturated rings. The van der Waals surface area contributed by atoms with Crippen LogP contribution in [0.2, 0.25) is 0 Å². The number of ether oxygens (including phenoxy) is 2. The van der Waals surface area contributed by atoms with Crippen molar-refractivity contribution >= 4 is 23.5 Å². The van der Waals surface area contributed by atoms with Crippen LogP contribution in [-0.2, 0) is 14.3 Å². The van der Waals surface area contributed by atoms with E-state index in [4.69, 9.17) is 14.6 Å². The van der Waals surface area contributed by atoms with E-state index in [0.29, 0.717) is 11.4 Å². The number of fused-ring (bicyclic) bond motifs is 1. The number of benzene rings is 1. The van der Waals surface area contributed by atoms with Gasteiger partial charge in [-0.1, -0.05) is 0 Å². The molecule has 1 aromatic carbocycles. The monoisotopic (exact) mass is 307 g/mol. The zero-order valence-corrected chi connectivity index (χ0v) is 12.2. The van der Waals surface area contributed by atoms with Gasteiger partial charge >= 0.3 is 11.9 Å². The van der Waals surface area contributed by atoms with Crippen LogP contribution in [-0.4, -0.2) is 42.7 Å². The Morgan fingerprint density at radius 3 is 2.86 bits per heavy atom. The maximum atomic E-state index is 12.1. The summed E-state index contributed by atoms with van der Waals surface area (Å²) in [6.45, 7) is 2.34. The Kier molecular flexibility index (Phi) is 4.98. The minimum Gasteiger partial charge on any atom is -0.491 e. The van der Waals surface area contributed by atoms with Crippen LogP contribution in [0.25, 0.3) is 0 Å². The van der Waals surface area contributed by atoms with Gasteiger partial charge in [-0.05, 0) is 25.1 Å². The highest BCUT2D eigenvalue weighted by Gasteiger charge is 2.24. The number of hydrogen-bond acceptors (Lipinski definition) is 5. The van der Waals surface area contributed by atoms with Gasteiger partial charge in [0.05, 0.1) is 37.3 Å². The largest absolute Gasteiger partial charge is 0.491 e. The molecule has 118 valence electrons. The molecule has 0 atom stereocenters. The summed E-state index contributed by atoms with van der Waals surface area (Å²) in [7, 11) is 0. The van der Waals surface area contributed by atoms with Gasteiger partial charge in [-0.15, -0.1) is 0 Å². The average molecular weight is 307 g/mol. The molecule has 0 saturated heterocycles. The number of carboxylic acids is 1. The summed E-state index contributed by atoms with van der Waals surface area (Å²) in [6.07, 6.45) is 0.236. The van der Waals surface area contributed by atoms with Gasteiger partial charge in [0.1, 0.15) is 5.75 Å². The second-order valence-electron chi connectivity index (χ2n) is 4.69. The van der Waals surface area contributed by atoms with Crippen LogP contribution in [0, 0.1) is 0 Å². The lowest BCUT2D eigenvalue weighted by Crippen LogP contribution is -2.32. The first-order valence-electron chi connectivity index (χ1n) is 6.99. The molecule has 1 aromatic rings. The molecule has 22 heavy (non-hydrogen) atoms. The molecule has 0 unspecified atom stereocenters. The van der Waals surface area contributed by atoms with Gasteiger partial charge in [-0.3, -0.25) is 9.59 Å². The molecule has 7 heteroatoms.